The Labute approximate surface area is 162 Å². The largest absolute Gasteiger partial charge is 0.454 e. The molecule has 4 aromatic rings. The van der Waals surface area contributed by atoms with E-state index in [0.717, 1.165) is 4.68 Å². The average molecular weight is 396 g/mol. The normalized spacial score (nSPS) is 10.8. The number of benzene rings is 2. The summed E-state index contributed by atoms with van der Waals surface area (Å²) in [5, 5.41) is 7.73. The van der Waals surface area contributed by atoms with Crippen molar-refractivity contribution in [3.8, 4) is 22.8 Å². The van der Waals surface area contributed by atoms with Crippen LogP contribution in [0.4, 0.5) is 4.39 Å². The quantitative estimate of drug-likeness (QED) is 0.457. The van der Waals surface area contributed by atoms with E-state index in [9.17, 15) is 14.0 Å². The van der Waals surface area contributed by atoms with Crippen LogP contribution >= 0.6 is 0 Å². The zero-order chi connectivity index (χ0) is 20.2. The molecule has 4 rings (SSSR count). The summed E-state index contributed by atoms with van der Waals surface area (Å²) in [6, 6.07) is 14.3. The topological polar surface area (TPSA) is 113 Å². The minimum absolute atomic E-state index is 0.0511. The van der Waals surface area contributed by atoms with Gasteiger partial charge in [-0.3, -0.25) is 4.79 Å². The molecule has 0 atom stereocenters. The van der Waals surface area contributed by atoms with Crippen LogP contribution in [0.1, 0.15) is 5.89 Å². The minimum atomic E-state index is -0.780. The summed E-state index contributed by atoms with van der Waals surface area (Å²) in [7, 11) is 0. The molecular formula is C19H13FN4O5. The third-order valence-corrected chi connectivity index (χ3v) is 3.83. The second-order valence-electron chi connectivity index (χ2n) is 5.88. The molecule has 2 aromatic heterocycles. The maximum absolute atomic E-state index is 13.0. The number of aromatic nitrogens is 4. The van der Waals surface area contributed by atoms with Crippen molar-refractivity contribution in [1.82, 2.24) is 19.9 Å². The maximum Gasteiger partial charge on any atom is 0.437 e. The van der Waals surface area contributed by atoms with Gasteiger partial charge in [0.25, 0.3) is 5.89 Å². The van der Waals surface area contributed by atoms with Crippen LogP contribution in [0.25, 0.3) is 22.8 Å². The lowest BCUT2D eigenvalue weighted by Gasteiger charge is -2.00. The zero-order valence-electron chi connectivity index (χ0n) is 14.8. The number of rotatable bonds is 6. The molecule has 0 spiro atoms. The fraction of sp³-hybridized carbons (Fsp3) is 0.105. The van der Waals surface area contributed by atoms with E-state index in [1.807, 2.05) is 6.07 Å². The Hall–Kier alpha value is -4.08. The Bertz CT molecular complexity index is 1180. The third-order valence-electron chi connectivity index (χ3n) is 3.83. The fourth-order valence-electron chi connectivity index (χ4n) is 2.44. The second-order valence-corrected chi connectivity index (χ2v) is 5.88. The predicted molar refractivity (Wildman–Crippen MR) is 95.7 cm³/mol. The van der Waals surface area contributed by atoms with Gasteiger partial charge < -0.3 is 13.7 Å². The summed E-state index contributed by atoms with van der Waals surface area (Å²) < 4.78 is 28.9. The van der Waals surface area contributed by atoms with Gasteiger partial charge in [0.15, 0.2) is 6.61 Å². The number of nitrogens with zero attached hydrogens (tertiary/aromatic N) is 4. The van der Waals surface area contributed by atoms with E-state index in [0.29, 0.717) is 11.1 Å². The number of halogens is 1. The molecule has 2 aromatic carbocycles. The Morgan fingerprint density at radius 1 is 1.07 bits per heavy atom. The van der Waals surface area contributed by atoms with E-state index in [-0.39, 0.29) is 30.0 Å². The van der Waals surface area contributed by atoms with Crippen LogP contribution in [-0.2, 0) is 22.7 Å². The maximum atomic E-state index is 13.0. The van der Waals surface area contributed by atoms with E-state index in [1.165, 1.54) is 24.3 Å². The molecule has 0 radical (unpaired) electrons. The van der Waals surface area contributed by atoms with Gasteiger partial charge in [-0.25, -0.2) is 9.18 Å². The van der Waals surface area contributed by atoms with Crippen LogP contribution in [0.5, 0.6) is 0 Å². The summed E-state index contributed by atoms with van der Waals surface area (Å²) in [5.74, 6) is -1.51. The highest BCUT2D eigenvalue weighted by molar-refractivity contribution is 5.69. The summed E-state index contributed by atoms with van der Waals surface area (Å²) in [6.45, 7) is -0.723. The summed E-state index contributed by atoms with van der Waals surface area (Å²) in [5.41, 5.74) is 1.16. The molecule has 29 heavy (non-hydrogen) atoms. The molecule has 9 nitrogen and oxygen atoms in total. The summed E-state index contributed by atoms with van der Waals surface area (Å²) in [4.78, 5) is 27.9. The van der Waals surface area contributed by atoms with Gasteiger partial charge in [0.2, 0.25) is 11.7 Å². The molecule has 0 aliphatic carbocycles. The first-order valence-corrected chi connectivity index (χ1v) is 8.46. The summed E-state index contributed by atoms with van der Waals surface area (Å²) in [6.07, 6.45) is 0. The summed E-state index contributed by atoms with van der Waals surface area (Å²) >= 11 is 0. The SMILES string of the molecule is O=C(Cn1nc(-c2ccccc2)oc1=O)OCc1nc(-c2ccc(F)cc2)no1. The molecule has 0 bridgehead atoms. The molecule has 0 saturated carbocycles. The van der Waals surface area contributed by atoms with E-state index in [4.69, 9.17) is 13.7 Å². The van der Waals surface area contributed by atoms with Crippen LogP contribution in [-0.4, -0.2) is 25.9 Å². The molecule has 0 unspecified atom stereocenters. The van der Waals surface area contributed by atoms with Gasteiger partial charge in [-0.15, -0.1) is 5.10 Å². The molecule has 0 saturated heterocycles. The number of esters is 1. The van der Waals surface area contributed by atoms with Crippen LogP contribution < -0.4 is 5.76 Å². The molecular weight excluding hydrogens is 383 g/mol. The molecule has 0 aliphatic rings. The average Bonchev–Trinajstić information content (AvgIpc) is 3.35. The number of carbonyl (C=O) groups is 1. The van der Waals surface area contributed by atoms with E-state index in [2.05, 4.69) is 15.2 Å². The lowest BCUT2D eigenvalue weighted by atomic mass is 10.2. The van der Waals surface area contributed by atoms with Gasteiger partial charge in [-0.2, -0.15) is 9.67 Å². The van der Waals surface area contributed by atoms with Crippen molar-refractivity contribution >= 4 is 5.97 Å². The van der Waals surface area contributed by atoms with Crippen molar-refractivity contribution in [2.45, 2.75) is 13.2 Å². The van der Waals surface area contributed by atoms with Crippen molar-refractivity contribution < 1.29 is 22.9 Å². The van der Waals surface area contributed by atoms with Crippen molar-refractivity contribution in [3.05, 3.63) is 76.9 Å². The van der Waals surface area contributed by atoms with Gasteiger partial charge in [-0.1, -0.05) is 23.4 Å². The predicted octanol–water partition coefficient (Wildman–Crippen LogP) is 2.44. The van der Waals surface area contributed by atoms with Crippen molar-refractivity contribution in [2.24, 2.45) is 0 Å². The van der Waals surface area contributed by atoms with Crippen LogP contribution in [0.3, 0.4) is 0 Å². The number of carbonyl (C=O) groups excluding carboxylic acids is 1. The molecule has 2 heterocycles. The van der Waals surface area contributed by atoms with Gasteiger partial charge in [0, 0.05) is 11.1 Å². The first kappa shape index (κ1) is 18.3. The van der Waals surface area contributed by atoms with Crippen LogP contribution in [0.2, 0.25) is 0 Å². The van der Waals surface area contributed by atoms with Crippen molar-refractivity contribution in [2.75, 3.05) is 0 Å². The minimum Gasteiger partial charge on any atom is -0.454 e. The molecule has 0 N–H and O–H groups in total. The molecule has 0 amide bonds. The first-order chi connectivity index (χ1) is 14.1. The Kier molecular flexibility index (Phi) is 4.97. The second kappa shape index (κ2) is 7.89. The van der Waals surface area contributed by atoms with Crippen LogP contribution in [0.15, 0.2) is 68.3 Å². The Morgan fingerprint density at radius 3 is 2.59 bits per heavy atom. The highest BCUT2D eigenvalue weighted by Gasteiger charge is 2.15. The Morgan fingerprint density at radius 2 is 1.83 bits per heavy atom. The van der Waals surface area contributed by atoms with Crippen molar-refractivity contribution in [3.63, 3.8) is 0 Å². The van der Waals surface area contributed by atoms with Gasteiger partial charge >= 0.3 is 11.7 Å². The lowest BCUT2D eigenvalue weighted by Crippen LogP contribution is -2.23. The number of ether oxygens (including phenoxy) is 1. The lowest BCUT2D eigenvalue weighted by molar-refractivity contribution is -0.146. The zero-order valence-corrected chi connectivity index (χ0v) is 14.8. The molecule has 0 aliphatic heterocycles. The van der Waals surface area contributed by atoms with Gasteiger partial charge in [0.05, 0.1) is 0 Å². The molecule has 146 valence electrons. The molecule has 10 heteroatoms. The molecule has 0 fully saturated rings. The van der Waals surface area contributed by atoms with Gasteiger partial charge in [0.1, 0.15) is 12.4 Å². The highest BCUT2D eigenvalue weighted by atomic mass is 19.1. The van der Waals surface area contributed by atoms with E-state index in [1.54, 1.807) is 24.3 Å². The number of hydrogen-bond donors (Lipinski definition) is 0. The fourth-order valence-corrected chi connectivity index (χ4v) is 2.44. The number of hydrogen-bond acceptors (Lipinski definition) is 8. The first-order valence-electron chi connectivity index (χ1n) is 8.46. The van der Waals surface area contributed by atoms with E-state index < -0.39 is 18.3 Å². The monoisotopic (exact) mass is 396 g/mol. The standard InChI is InChI=1S/C19H13FN4O5/c20-14-8-6-12(7-9-14)17-21-15(29-23-17)11-27-16(25)10-24-19(26)28-18(22-24)13-4-2-1-3-5-13/h1-9H,10-11H2. The van der Waals surface area contributed by atoms with Crippen molar-refractivity contribution in [1.29, 1.82) is 0 Å². The van der Waals surface area contributed by atoms with Crippen LogP contribution in [0, 0.1) is 5.82 Å². The third kappa shape index (κ3) is 4.26. The highest BCUT2D eigenvalue weighted by Crippen LogP contribution is 2.16. The van der Waals surface area contributed by atoms with E-state index >= 15 is 0 Å². The van der Waals surface area contributed by atoms with Gasteiger partial charge in [-0.05, 0) is 36.4 Å². The smallest absolute Gasteiger partial charge is 0.437 e. The Balaban J connectivity index is 1.37.